The maximum atomic E-state index is 13.2. The number of aromatic nitrogens is 1. The number of hydrogen-bond donors (Lipinski definition) is 2. The average Bonchev–Trinajstić information content (AvgIpc) is 2.89. The third kappa shape index (κ3) is 6.65. The fraction of sp³-hybridized carbons (Fsp3) is 0.483. The first kappa shape index (κ1) is 25.7. The first-order chi connectivity index (χ1) is 17.4. The molecule has 0 saturated carbocycles. The molecule has 0 bridgehead atoms. The van der Waals surface area contributed by atoms with Crippen molar-refractivity contribution in [3.8, 4) is 0 Å². The van der Waals surface area contributed by atoms with Crippen LogP contribution in [0.4, 0.5) is 16.3 Å². The zero-order valence-electron chi connectivity index (χ0n) is 21.7. The Hall–Kier alpha value is -3.35. The van der Waals surface area contributed by atoms with E-state index in [1.54, 1.807) is 0 Å². The molecular formula is C29H39N5O2. The summed E-state index contributed by atoms with van der Waals surface area (Å²) < 4.78 is 0. The van der Waals surface area contributed by atoms with Crippen molar-refractivity contribution in [1.82, 2.24) is 15.2 Å². The van der Waals surface area contributed by atoms with Crippen LogP contribution in [-0.4, -0.2) is 54.5 Å². The molecule has 1 aromatic heterocycles. The SMILES string of the molecule is CC1=C[C@@H](CNC(=O)Nc2ccccc2)[C@H](C(C)C)C[C@H]1CC(=O)N1CCN(c2ccccn2)CC1. The third-order valence-corrected chi connectivity index (χ3v) is 7.64. The number of rotatable bonds is 7. The lowest BCUT2D eigenvalue weighted by atomic mass is 9.69. The van der Waals surface area contributed by atoms with E-state index in [9.17, 15) is 9.59 Å². The molecule has 3 atom stereocenters. The van der Waals surface area contributed by atoms with Gasteiger partial charge < -0.3 is 20.4 Å². The Balaban J connectivity index is 1.30. The summed E-state index contributed by atoms with van der Waals surface area (Å²) in [5.74, 6) is 2.64. The molecular weight excluding hydrogens is 450 g/mol. The number of amides is 3. The predicted molar refractivity (Wildman–Crippen MR) is 145 cm³/mol. The summed E-state index contributed by atoms with van der Waals surface area (Å²) in [5, 5.41) is 5.94. The van der Waals surface area contributed by atoms with Crippen LogP contribution in [0.25, 0.3) is 0 Å². The number of nitrogens with zero attached hydrogens (tertiary/aromatic N) is 3. The summed E-state index contributed by atoms with van der Waals surface area (Å²) in [6.45, 7) is 10.3. The summed E-state index contributed by atoms with van der Waals surface area (Å²) in [6.07, 6.45) is 5.65. The minimum absolute atomic E-state index is 0.183. The molecule has 2 N–H and O–H groups in total. The average molecular weight is 490 g/mol. The van der Waals surface area contributed by atoms with Crippen molar-refractivity contribution in [2.75, 3.05) is 42.9 Å². The zero-order valence-corrected chi connectivity index (χ0v) is 21.7. The number of benzene rings is 1. The number of piperazine rings is 1. The number of para-hydroxylation sites is 1. The maximum absolute atomic E-state index is 13.2. The fourth-order valence-corrected chi connectivity index (χ4v) is 5.48. The van der Waals surface area contributed by atoms with Crippen LogP contribution < -0.4 is 15.5 Å². The molecule has 2 aliphatic rings. The second-order valence-corrected chi connectivity index (χ2v) is 10.4. The maximum Gasteiger partial charge on any atom is 0.319 e. The second-order valence-electron chi connectivity index (χ2n) is 10.4. The van der Waals surface area contributed by atoms with Crippen molar-refractivity contribution < 1.29 is 9.59 Å². The second kappa shape index (κ2) is 12.1. The minimum Gasteiger partial charge on any atom is -0.353 e. The first-order valence-corrected chi connectivity index (χ1v) is 13.1. The van der Waals surface area contributed by atoms with Gasteiger partial charge in [-0.05, 0) is 61.3 Å². The van der Waals surface area contributed by atoms with Crippen molar-refractivity contribution in [2.24, 2.45) is 23.7 Å². The van der Waals surface area contributed by atoms with E-state index < -0.39 is 0 Å². The molecule has 2 aromatic rings. The quantitative estimate of drug-likeness (QED) is 0.548. The molecule has 0 spiro atoms. The number of urea groups is 1. The van der Waals surface area contributed by atoms with Gasteiger partial charge in [0.05, 0.1) is 0 Å². The monoisotopic (exact) mass is 489 g/mol. The number of allylic oxidation sites excluding steroid dienone is 1. The Kier molecular flexibility index (Phi) is 8.62. The van der Waals surface area contributed by atoms with Crippen molar-refractivity contribution in [2.45, 2.75) is 33.6 Å². The highest BCUT2D eigenvalue weighted by molar-refractivity contribution is 5.89. The zero-order chi connectivity index (χ0) is 25.5. The summed E-state index contributed by atoms with van der Waals surface area (Å²) in [4.78, 5) is 34.3. The van der Waals surface area contributed by atoms with E-state index in [1.807, 2.05) is 59.6 Å². The van der Waals surface area contributed by atoms with E-state index in [4.69, 9.17) is 0 Å². The highest BCUT2D eigenvalue weighted by Crippen LogP contribution is 2.39. The molecule has 1 aliphatic heterocycles. The van der Waals surface area contributed by atoms with Crippen molar-refractivity contribution in [3.63, 3.8) is 0 Å². The first-order valence-electron chi connectivity index (χ1n) is 13.1. The summed E-state index contributed by atoms with van der Waals surface area (Å²) in [7, 11) is 0. The van der Waals surface area contributed by atoms with Gasteiger partial charge >= 0.3 is 6.03 Å². The van der Waals surface area contributed by atoms with E-state index in [2.05, 4.69) is 47.4 Å². The number of nitrogens with one attached hydrogen (secondary N) is 2. The lowest BCUT2D eigenvalue weighted by molar-refractivity contribution is -0.132. The Labute approximate surface area is 215 Å². The summed E-state index contributed by atoms with van der Waals surface area (Å²) in [6, 6.07) is 15.2. The largest absolute Gasteiger partial charge is 0.353 e. The van der Waals surface area contributed by atoms with Crippen LogP contribution in [0.5, 0.6) is 0 Å². The van der Waals surface area contributed by atoms with Gasteiger partial charge in [0, 0.05) is 51.0 Å². The lowest BCUT2D eigenvalue weighted by Crippen LogP contribution is -2.49. The third-order valence-electron chi connectivity index (χ3n) is 7.64. The van der Waals surface area contributed by atoms with Gasteiger partial charge in [-0.3, -0.25) is 4.79 Å². The molecule has 0 unspecified atom stereocenters. The van der Waals surface area contributed by atoms with Gasteiger partial charge in [-0.25, -0.2) is 9.78 Å². The summed E-state index contributed by atoms with van der Waals surface area (Å²) >= 11 is 0. The molecule has 4 rings (SSSR count). The number of anilines is 2. The van der Waals surface area contributed by atoms with Crippen LogP contribution in [0, 0.1) is 23.7 Å². The molecule has 7 nitrogen and oxygen atoms in total. The van der Waals surface area contributed by atoms with Gasteiger partial charge in [-0.2, -0.15) is 0 Å². The topological polar surface area (TPSA) is 77.6 Å². The molecule has 3 amide bonds. The van der Waals surface area contributed by atoms with Gasteiger partial charge in [0.1, 0.15) is 5.82 Å². The molecule has 7 heteroatoms. The highest BCUT2D eigenvalue weighted by atomic mass is 16.2. The Morgan fingerprint density at radius 2 is 1.75 bits per heavy atom. The van der Waals surface area contributed by atoms with Gasteiger partial charge in [-0.1, -0.05) is 49.8 Å². The lowest BCUT2D eigenvalue weighted by Gasteiger charge is -2.39. The molecule has 1 saturated heterocycles. The van der Waals surface area contributed by atoms with Crippen LogP contribution in [0.3, 0.4) is 0 Å². The van der Waals surface area contributed by atoms with Gasteiger partial charge in [0.25, 0.3) is 0 Å². The van der Waals surface area contributed by atoms with E-state index >= 15 is 0 Å². The van der Waals surface area contributed by atoms with Crippen molar-refractivity contribution in [3.05, 3.63) is 66.4 Å². The van der Waals surface area contributed by atoms with E-state index in [0.29, 0.717) is 24.8 Å². The normalized spacial score (nSPS) is 22.2. The number of carbonyl (C=O) groups excluding carboxylic acids is 2. The van der Waals surface area contributed by atoms with Gasteiger partial charge in [0.2, 0.25) is 5.91 Å². The molecule has 1 fully saturated rings. The number of pyridine rings is 1. The van der Waals surface area contributed by atoms with Crippen LogP contribution in [0.2, 0.25) is 0 Å². The van der Waals surface area contributed by atoms with E-state index in [-0.39, 0.29) is 23.8 Å². The Morgan fingerprint density at radius 3 is 2.42 bits per heavy atom. The molecule has 2 heterocycles. The predicted octanol–water partition coefficient (Wildman–Crippen LogP) is 4.80. The Bertz CT molecular complexity index is 1030. The molecule has 192 valence electrons. The van der Waals surface area contributed by atoms with Crippen LogP contribution in [-0.2, 0) is 4.79 Å². The van der Waals surface area contributed by atoms with E-state index in [1.165, 1.54) is 5.57 Å². The standard InChI is InChI=1S/C29H39N5O2/c1-21(2)26-18-23(19-28(35)34-15-13-33(14-16-34)27-11-7-8-12-30-27)22(3)17-24(26)20-31-29(36)32-25-9-5-4-6-10-25/h4-12,17,21,23-24,26H,13-16,18-20H2,1-3H3,(H2,31,32,36)/t23-,24-,26-/m0/s1. The molecule has 1 aliphatic carbocycles. The molecule has 36 heavy (non-hydrogen) atoms. The fourth-order valence-electron chi connectivity index (χ4n) is 5.48. The summed E-state index contributed by atoms with van der Waals surface area (Å²) in [5.41, 5.74) is 2.05. The smallest absolute Gasteiger partial charge is 0.319 e. The molecule has 0 radical (unpaired) electrons. The highest BCUT2D eigenvalue weighted by Gasteiger charge is 2.34. The van der Waals surface area contributed by atoms with Crippen LogP contribution >= 0.6 is 0 Å². The van der Waals surface area contributed by atoms with Crippen molar-refractivity contribution >= 4 is 23.4 Å². The van der Waals surface area contributed by atoms with Gasteiger partial charge in [-0.15, -0.1) is 0 Å². The van der Waals surface area contributed by atoms with E-state index in [0.717, 1.165) is 44.1 Å². The Morgan fingerprint density at radius 1 is 1.03 bits per heavy atom. The number of hydrogen-bond acceptors (Lipinski definition) is 4. The van der Waals surface area contributed by atoms with Crippen LogP contribution in [0.1, 0.15) is 33.6 Å². The number of carbonyl (C=O) groups is 2. The molecule has 1 aromatic carbocycles. The minimum atomic E-state index is -0.183. The van der Waals surface area contributed by atoms with Gasteiger partial charge in [0.15, 0.2) is 0 Å². The van der Waals surface area contributed by atoms with Crippen LogP contribution in [0.15, 0.2) is 66.4 Å². The van der Waals surface area contributed by atoms with Crippen molar-refractivity contribution in [1.29, 1.82) is 0 Å².